The van der Waals surface area contributed by atoms with Gasteiger partial charge in [0.2, 0.25) is 5.91 Å². The van der Waals surface area contributed by atoms with Crippen LogP contribution in [0.4, 0.5) is 0 Å². The lowest BCUT2D eigenvalue weighted by Gasteiger charge is -2.43. The lowest BCUT2D eigenvalue weighted by atomic mass is 9.95. The van der Waals surface area contributed by atoms with Crippen LogP contribution in [0.2, 0.25) is 0 Å². The van der Waals surface area contributed by atoms with Crippen molar-refractivity contribution in [2.45, 2.75) is 37.6 Å². The molecule has 0 N–H and O–H groups in total. The molecule has 2 aliphatic rings. The van der Waals surface area contributed by atoms with E-state index in [4.69, 9.17) is 4.74 Å². The largest absolute Gasteiger partial charge is 0.467 e. The number of thioether (sulfide) groups is 1. The van der Waals surface area contributed by atoms with Gasteiger partial charge in [-0.05, 0) is 30.7 Å². The van der Waals surface area contributed by atoms with E-state index in [2.05, 4.69) is 0 Å². The maximum absolute atomic E-state index is 13.3. The van der Waals surface area contributed by atoms with Gasteiger partial charge in [0, 0.05) is 11.8 Å². The number of fused-ring (bicyclic) bond motifs is 1. The molecule has 1 aromatic carbocycles. The van der Waals surface area contributed by atoms with Crippen LogP contribution in [0.25, 0.3) is 0 Å². The number of imide groups is 1. The molecule has 8 heteroatoms. The first kappa shape index (κ1) is 20.4. The molecule has 0 spiro atoms. The smallest absolute Gasteiger partial charge is 0.328 e. The van der Waals surface area contributed by atoms with E-state index in [0.29, 0.717) is 24.1 Å². The van der Waals surface area contributed by atoms with Gasteiger partial charge in [0.05, 0.1) is 18.2 Å². The number of methoxy groups -OCH3 is 1. The summed E-state index contributed by atoms with van der Waals surface area (Å²) >= 11 is 1.55. The lowest BCUT2D eigenvalue weighted by molar-refractivity contribution is -0.158. The molecule has 150 valence electrons. The van der Waals surface area contributed by atoms with Gasteiger partial charge in [-0.3, -0.25) is 19.3 Å². The second kappa shape index (κ2) is 7.95. The number of nitrogens with zero attached hydrogens (tertiary/aromatic N) is 2. The molecule has 28 heavy (non-hydrogen) atoms. The second-order valence-electron chi connectivity index (χ2n) is 7.34. The topological polar surface area (TPSA) is 84.0 Å². The van der Waals surface area contributed by atoms with E-state index in [1.54, 1.807) is 36.0 Å². The van der Waals surface area contributed by atoms with Gasteiger partial charge in [-0.15, -0.1) is 0 Å². The summed E-state index contributed by atoms with van der Waals surface area (Å²) in [5, 5.41) is -0.00193. The summed E-state index contributed by atoms with van der Waals surface area (Å²) in [5.74, 6) is -1.96. The minimum atomic E-state index is -0.926. The molecule has 1 fully saturated rings. The summed E-state index contributed by atoms with van der Waals surface area (Å²) in [4.78, 5) is 54.0. The Balaban J connectivity index is 1.97. The number of piperidine rings is 1. The highest BCUT2D eigenvalue weighted by molar-refractivity contribution is 7.99. The Morgan fingerprint density at radius 3 is 2.18 bits per heavy atom. The number of hydrogen-bond acceptors (Lipinski definition) is 6. The minimum absolute atomic E-state index is 0.00193. The first-order valence-electron chi connectivity index (χ1n) is 9.19. The van der Waals surface area contributed by atoms with Crippen molar-refractivity contribution in [3.63, 3.8) is 0 Å². The van der Waals surface area contributed by atoms with Crippen LogP contribution in [0.1, 0.15) is 41.0 Å². The molecule has 3 atom stereocenters. The van der Waals surface area contributed by atoms with Crippen LogP contribution in [0.3, 0.4) is 0 Å². The highest BCUT2D eigenvalue weighted by atomic mass is 32.2. The molecule has 7 nitrogen and oxygen atoms in total. The van der Waals surface area contributed by atoms with Gasteiger partial charge in [0.15, 0.2) is 0 Å². The maximum Gasteiger partial charge on any atom is 0.328 e. The summed E-state index contributed by atoms with van der Waals surface area (Å²) < 4.78 is 4.91. The molecule has 1 saturated heterocycles. The second-order valence-corrected chi connectivity index (χ2v) is 8.48. The fourth-order valence-electron chi connectivity index (χ4n) is 3.93. The molecule has 1 aromatic rings. The minimum Gasteiger partial charge on any atom is -0.467 e. The monoisotopic (exact) mass is 404 g/mol. The van der Waals surface area contributed by atoms with Gasteiger partial charge in [-0.25, -0.2) is 4.79 Å². The molecular weight excluding hydrogens is 380 g/mol. The fourth-order valence-corrected chi connectivity index (χ4v) is 4.62. The lowest BCUT2D eigenvalue weighted by Crippen LogP contribution is -2.62. The highest BCUT2D eigenvalue weighted by Crippen LogP contribution is 2.33. The summed E-state index contributed by atoms with van der Waals surface area (Å²) in [5.41, 5.74) is 0.623. The van der Waals surface area contributed by atoms with Gasteiger partial charge in [0.25, 0.3) is 11.8 Å². The zero-order valence-electron chi connectivity index (χ0n) is 16.4. The number of ether oxygens (including phenoxy) is 1. The van der Waals surface area contributed by atoms with Crippen molar-refractivity contribution in [1.29, 1.82) is 0 Å². The van der Waals surface area contributed by atoms with Crippen molar-refractivity contribution in [2.75, 3.05) is 19.9 Å². The molecule has 2 aliphatic heterocycles. The van der Waals surface area contributed by atoms with E-state index in [9.17, 15) is 19.2 Å². The highest BCUT2D eigenvalue weighted by Gasteiger charge is 2.49. The van der Waals surface area contributed by atoms with Gasteiger partial charge >= 0.3 is 5.97 Å². The first-order valence-corrected chi connectivity index (χ1v) is 10.5. The normalized spacial score (nSPS) is 23.2. The molecule has 2 heterocycles. The Morgan fingerprint density at radius 2 is 1.71 bits per heavy atom. The maximum atomic E-state index is 13.3. The van der Waals surface area contributed by atoms with Crippen LogP contribution < -0.4 is 0 Å². The van der Waals surface area contributed by atoms with Crippen molar-refractivity contribution >= 4 is 35.5 Å². The number of amides is 3. The number of esters is 1. The van der Waals surface area contributed by atoms with E-state index >= 15 is 0 Å². The first-order chi connectivity index (χ1) is 13.3. The molecular formula is C20H24N2O5S. The number of hydrogen-bond donors (Lipinski definition) is 0. The van der Waals surface area contributed by atoms with Crippen LogP contribution in [0.15, 0.2) is 24.3 Å². The standard InChI is InChI=1S/C20H24N2O5S/c1-11(2)16(20(26)27-3)21-10-12(28-4)9-15(19(21)25)22-17(23)13-7-5-6-8-14(13)18(22)24/h5-8,11-12,15-16H,9-10H2,1-4H3/t12-,15+,16+/m1/s1. The van der Waals surface area contributed by atoms with Crippen molar-refractivity contribution in [3.05, 3.63) is 35.4 Å². The zero-order chi connectivity index (χ0) is 20.6. The quantitative estimate of drug-likeness (QED) is 0.550. The number of rotatable bonds is 5. The van der Waals surface area contributed by atoms with Gasteiger partial charge in [-0.2, -0.15) is 11.8 Å². The Kier molecular flexibility index (Phi) is 5.79. The third-order valence-electron chi connectivity index (χ3n) is 5.34. The van der Waals surface area contributed by atoms with E-state index < -0.39 is 29.9 Å². The molecule has 0 radical (unpaired) electrons. The Bertz CT molecular complexity index is 790. The Labute approximate surface area is 168 Å². The molecule has 0 unspecified atom stereocenters. The third kappa shape index (κ3) is 3.30. The van der Waals surface area contributed by atoms with Crippen LogP contribution in [0, 0.1) is 5.92 Å². The summed E-state index contributed by atoms with van der Waals surface area (Å²) in [7, 11) is 1.29. The summed E-state index contributed by atoms with van der Waals surface area (Å²) in [6, 6.07) is 4.89. The average Bonchev–Trinajstić information content (AvgIpc) is 2.94. The van der Waals surface area contributed by atoms with Gasteiger partial charge < -0.3 is 9.64 Å². The number of carbonyl (C=O) groups is 4. The van der Waals surface area contributed by atoms with Crippen LogP contribution in [-0.4, -0.2) is 70.7 Å². The van der Waals surface area contributed by atoms with Crippen LogP contribution >= 0.6 is 11.8 Å². The SMILES string of the molecule is COC(=O)[C@H](C(C)C)N1C[C@H](SC)C[C@H](N2C(=O)c3ccccc3C2=O)C1=O. The zero-order valence-corrected chi connectivity index (χ0v) is 17.2. The number of carbonyl (C=O) groups excluding carboxylic acids is 4. The van der Waals surface area contributed by atoms with Gasteiger partial charge in [-0.1, -0.05) is 26.0 Å². The van der Waals surface area contributed by atoms with Crippen LogP contribution in [-0.2, 0) is 14.3 Å². The molecule has 0 aromatic heterocycles. The predicted octanol–water partition coefficient (Wildman–Crippen LogP) is 1.81. The fraction of sp³-hybridized carbons (Fsp3) is 0.500. The van der Waals surface area contributed by atoms with E-state index in [-0.39, 0.29) is 17.1 Å². The Hall–Kier alpha value is -2.35. The van der Waals surface area contributed by atoms with Crippen molar-refractivity contribution < 1.29 is 23.9 Å². The Morgan fingerprint density at radius 1 is 1.14 bits per heavy atom. The summed E-state index contributed by atoms with van der Waals surface area (Å²) in [6.45, 7) is 4.06. The van der Waals surface area contributed by atoms with Crippen molar-refractivity contribution in [2.24, 2.45) is 5.92 Å². The van der Waals surface area contributed by atoms with E-state index in [1.165, 1.54) is 12.0 Å². The number of likely N-dealkylation sites (tertiary alicyclic amines) is 1. The van der Waals surface area contributed by atoms with Crippen molar-refractivity contribution in [3.8, 4) is 0 Å². The molecule has 0 aliphatic carbocycles. The molecule has 0 bridgehead atoms. The number of benzene rings is 1. The third-order valence-corrected chi connectivity index (χ3v) is 6.34. The summed E-state index contributed by atoms with van der Waals surface area (Å²) in [6.07, 6.45) is 2.29. The van der Waals surface area contributed by atoms with Crippen molar-refractivity contribution in [1.82, 2.24) is 9.80 Å². The average molecular weight is 404 g/mol. The van der Waals surface area contributed by atoms with Crippen LogP contribution in [0.5, 0.6) is 0 Å². The van der Waals surface area contributed by atoms with E-state index in [0.717, 1.165) is 4.90 Å². The molecule has 0 saturated carbocycles. The van der Waals surface area contributed by atoms with Gasteiger partial charge in [0.1, 0.15) is 12.1 Å². The predicted molar refractivity (Wildman–Crippen MR) is 105 cm³/mol. The molecule has 3 amide bonds. The molecule has 3 rings (SSSR count). The van der Waals surface area contributed by atoms with E-state index in [1.807, 2.05) is 20.1 Å².